The highest BCUT2D eigenvalue weighted by Gasteiger charge is 2.11. The first kappa shape index (κ1) is 14.2. The van der Waals surface area contributed by atoms with Crippen molar-refractivity contribution in [3.63, 3.8) is 0 Å². The summed E-state index contributed by atoms with van der Waals surface area (Å²) in [6, 6.07) is 18.3. The zero-order chi connectivity index (χ0) is 14.5. The molecule has 3 rings (SSSR count). The normalized spacial score (nSPS) is 12.6. The second-order valence-corrected chi connectivity index (χ2v) is 6.03. The minimum Gasteiger partial charge on any atom is -0.372 e. The number of benzene rings is 2. The van der Waals surface area contributed by atoms with Crippen LogP contribution in [0.2, 0.25) is 0 Å². The number of hydrogen-bond acceptors (Lipinski definition) is 4. The molecule has 0 saturated heterocycles. The molecule has 4 heteroatoms. The summed E-state index contributed by atoms with van der Waals surface area (Å²) in [5, 5.41) is 14.0. The molecule has 1 atom stereocenters. The van der Waals surface area contributed by atoms with Gasteiger partial charge in [-0.3, -0.25) is 5.32 Å². The molecule has 0 saturated carbocycles. The van der Waals surface area contributed by atoms with E-state index < -0.39 is 6.23 Å². The zero-order valence-corrected chi connectivity index (χ0v) is 12.5. The van der Waals surface area contributed by atoms with E-state index in [0.29, 0.717) is 0 Å². The third-order valence-corrected chi connectivity index (χ3v) is 4.46. The van der Waals surface area contributed by atoms with Crippen molar-refractivity contribution in [2.24, 2.45) is 0 Å². The molecule has 0 amide bonds. The van der Waals surface area contributed by atoms with Gasteiger partial charge in [0.25, 0.3) is 0 Å². The SMILES string of the molecule is O[C@H](NCCCc1ccccc1)c1nc2ccccc2s1. The maximum absolute atomic E-state index is 10.2. The van der Waals surface area contributed by atoms with Crippen molar-refractivity contribution in [1.82, 2.24) is 10.3 Å². The van der Waals surface area contributed by atoms with Crippen LogP contribution in [0.1, 0.15) is 23.2 Å². The monoisotopic (exact) mass is 298 g/mol. The van der Waals surface area contributed by atoms with Crippen LogP contribution in [-0.4, -0.2) is 16.6 Å². The summed E-state index contributed by atoms with van der Waals surface area (Å²) in [6.45, 7) is 0.770. The van der Waals surface area contributed by atoms with Gasteiger partial charge in [-0.05, 0) is 37.1 Å². The standard InChI is InChI=1S/C17H18N2OS/c20-16(17-19-14-10-4-5-11-15(14)21-17)18-12-6-9-13-7-2-1-3-8-13/h1-5,7-8,10-11,16,18,20H,6,9,12H2/t16-/m0/s1. The average molecular weight is 298 g/mol. The van der Waals surface area contributed by atoms with Gasteiger partial charge in [0.05, 0.1) is 10.2 Å². The van der Waals surface area contributed by atoms with Crippen LogP contribution in [0.25, 0.3) is 10.2 Å². The zero-order valence-electron chi connectivity index (χ0n) is 11.7. The Hall–Kier alpha value is -1.75. The molecule has 0 fully saturated rings. The van der Waals surface area contributed by atoms with E-state index in [0.717, 1.165) is 34.6 Å². The predicted octanol–water partition coefficient (Wildman–Crippen LogP) is 3.51. The van der Waals surface area contributed by atoms with Crippen LogP contribution in [-0.2, 0) is 6.42 Å². The van der Waals surface area contributed by atoms with Crippen LogP contribution in [0.4, 0.5) is 0 Å². The van der Waals surface area contributed by atoms with E-state index in [1.165, 1.54) is 16.9 Å². The summed E-state index contributed by atoms with van der Waals surface area (Å²) in [6.07, 6.45) is 1.32. The fourth-order valence-corrected chi connectivity index (χ4v) is 3.20. The first-order valence-electron chi connectivity index (χ1n) is 7.14. The van der Waals surface area contributed by atoms with Gasteiger partial charge >= 0.3 is 0 Å². The molecule has 2 aromatic carbocycles. The number of fused-ring (bicyclic) bond motifs is 1. The number of rotatable bonds is 6. The first-order chi connectivity index (χ1) is 10.3. The summed E-state index contributed by atoms with van der Waals surface area (Å²) in [4.78, 5) is 4.46. The Balaban J connectivity index is 1.51. The number of aromatic nitrogens is 1. The smallest absolute Gasteiger partial charge is 0.157 e. The van der Waals surface area contributed by atoms with Crippen LogP contribution in [0.15, 0.2) is 54.6 Å². The number of nitrogens with zero attached hydrogens (tertiary/aromatic N) is 1. The molecule has 0 unspecified atom stereocenters. The Morgan fingerprint density at radius 2 is 1.81 bits per heavy atom. The number of para-hydroxylation sites is 1. The highest BCUT2D eigenvalue weighted by atomic mass is 32.1. The lowest BCUT2D eigenvalue weighted by molar-refractivity contribution is 0.139. The summed E-state index contributed by atoms with van der Waals surface area (Å²) in [5.41, 5.74) is 2.27. The van der Waals surface area contributed by atoms with Crippen LogP contribution < -0.4 is 5.32 Å². The van der Waals surface area contributed by atoms with Crippen LogP contribution in [0.5, 0.6) is 0 Å². The Morgan fingerprint density at radius 1 is 1.05 bits per heavy atom. The molecule has 0 aliphatic heterocycles. The third kappa shape index (κ3) is 3.67. The molecule has 0 aliphatic carbocycles. The molecular formula is C17H18N2OS. The predicted molar refractivity (Wildman–Crippen MR) is 87.3 cm³/mol. The highest BCUT2D eigenvalue weighted by Crippen LogP contribution is 2.24. The summed E-state index contributed by atoms with van der Waals surface area (Å²) in [5.74, 6) is 0. The number of aliphatic hydroxyl groups excluding tert-OH is 1. The topological polar surface area (TPSA) is 45.1 Å². The van der Waals surface area contributed by atoms with E-state index in [-0.39, 0.29) is 0 Å². The van der Waals surface area contributed by atoms with Gasteiger partial charge in [-0.25, -0.2) is 4.98 Å². The van der Waals surface area contributed by atoms with E-state index in [1.807, 2.05) is 30.3 Å². The van der Waals surface area contributed by atoms with Gasteiger partial charge in [-0.1, -0.05) is 42.5 Å². The number of aryl methyl sites for hydroxylation is 1. The van der Waals surface area contributed by atoms with Crippen molar-refractivity contribution in [2.45, 2.75) is 19.1 Å². The van der Waals surface area contributed by atoms with Gasteiger partial charge in [0, 0.05) is 0 Å². The van der Waals surface area contributed by atoms with Crippen molar-refractivity contribution >= 4 is 21.6 Å². The van der Waals surface area contributed by atoms with E-state index in [9.17, 15) is 5.11 Å². The van der Waals surface area contributed by atoms with E-state index in [1.54, 1.807) is 0 Å². The van der Waals surface area contributed by atoms with Crippen molar-refractivity contribution in [3.05, 3.63) is 65.2 Å². The lowest BCUT2D eigenvalue weighted by Crippen LogP contribution is -2.22. The fourth-order valence-electron chi connectivity index (χ4n) is 2.27. The molecule has 1 heterocycles. The Morgan fingerprint density at radius 3 is 2.62 bits per heavy atom. The van der Waals surface area contributed by atoms with Gasteiger partial charge in [-0.15, -0.1) is 11.3 Å². The highest BCUT2D eigenvalue weighted by molar-refractivity contribution is 7.18. The maximum atomic E-state index is 10.2. The van der Waals surface area contributed by atoms with Crippen molar-refractivity contribution in [2.75, 3.05) is 6.54 Å². The molecule has 0 aliphatic rings. The number of nitrogens with one attached hydrogen (secondary N) is 1. The molecule has 3 nitrogen and oxygen atoms in total. The van der Waals surface area contributed by atoms with Crippen molar-refractivity contribution in [3.8, 4) is 0 Å². The first-order valence-corrected chi connectivity index (χ1v) is 7.95. The largest absolute Gasteiger partial charge is 0.372 e. The minimum atomic E-state index is -0.682. The molecule has 21 heavy (non-hydrogen) atoms. The summed E-state index contributed by atoms with van der Waals surface area (Å²) >= 11 is 1.54. The Bertz CT molecular complexity index is 663. The van der Waals surface area contributed by atoms with E-state index in [2.05, 4.69) is 34.6 Å². The minimum absolute atomic E-state index is 0.682. The average Bonchev–Trinajstić information content (AvgIpc) is 2.96. The molecule has 3 aromatic rings. The summed E-state index contributed by atoms with van der Waals surface area (Å²) in [7, 11) is 0. The van der Waals surface area contributed by atoms with Gasteiger partial charge in [-0.2, -0.15) is 0 Å². The van der Waals surface area contributed by atoms with Crippen LogP contribution in [0, 0.1) is 0 Å². The molecular weight excluding hydrogens is 280 g/mol. The number of thiazole rings is 1. The summed E-state index contributed by atoms with van der Waals surface area (Å²) < 4.78 is 1.11. The van der Waals surface area contributed by atoms with Crippen LogP contribution in [0.3, 0.4) is 0 Å². The number of hydrogen-bond donors (Lipinski definition) is 2. The van der Waals surface area contributed by atoms with E-state index >= 15 is 0 Å². The van der Waals surface area contributed by atoms with Crippen molar-refractivity contribution < 1.29 is 5.11 Å². The second-order valence-electron chi connectivity index (χ2n) is 4.97. The van der Waals surface area contributed by atoms with E-state index in [4.69, 9.17) is 0 Å². The molecule has 2 N–H and O–H groups in total. The molecule has 1 aromatic heterocycles. The Kier molecular flexibility index (Phi) is 4.60. The lowest BCUT2D eigenvalue weighted by Gasteiger charge is -2.09. The van der Waals surface area contributed by atoms with Gasteiger partial charge in [0.1, 0.15) is 5.01 Å². The van der Waals surface area contributed by atoms with Gasteiger partial charge in [0.15, 0.2) is 6.23 Å². The molecule has 0 radical (unpaired) electrons. The molecule has 0 spiro atoms. The number of aliphatic hydroxyl groups is 1. The van der Waals surface area contributed by atoms with Crippen molar-refractivity contribution in [1.29, 1.82) is 0 Å². The van der Waals surface area contributed by atoms with Gasteiger partial charge in [0.2, 0.25) is 0 Å². The third-order valence-electron chi connectivity index (χ3n) is 3.37. The lowest BCUT2D eigenvalue weighted by atomic mass is 10.1. The molecule has 0 bridgehead atoms. The van der Waals surface area contributed by atoms with Gasteiger partial charge < -0.3 is 5.11 Å². The maximum Gasteiger partial charge on any atom is 0.157 e. The second kappa shape index (κ2) is 6.80. The van der Waals surface area contributed by atoms with Crippen LogP contribution >= 0.6 is 11.3 Å². The molecule has 108 valence electrons. The fraction of sp³-hybridized carbons (Fsp3) is 0.235. The quantitative estimate of drug-likeness (QED) is 0.541. The Labute approximate surface area is 128 Å².